The van der Waals surface area contributed by atoms with E-state index >= 15 is 0 Å². The lowest BCUT2D eigenvalue weighted by Gasteiger charge is -2.06. The van der Waals surface area contributed by atoms with Crippen molar-refractivity contribution in [1.82, 2.24) is 9.78 Å². The fourth-order valence-electron chi connectivity index (χ4n) is 1.85. The molecule has 1 aromatic carbocycles. The molecular weight excluding hydrogens is 264 g/mol. The molecule has 5 nitrogen and oxygen atoms in total. The van der Waals surface area contributed by atoms with E-state index in [2.05, 4.69) is 5.10 Å². The number of benzene rings is 1. The highest BCUT2D eigenvalue weighted by atomic mass is 32.1. The summed E-state index contributed by atoms with van der Waals surface area (Å²) in [5.41, 5.74) is 0.129. The van der Waals surface area contributed by atoms with Crippen molar-refractivity contribution in [3.8, 4) is 5.69 Å². The van der Waals surface area contributed by atoms with Crippen LogP contribution in [0.4, 0.5) is 0 Å². The first kappa shape index (κ1) is 11.6. The van der Waals surface area contributed by atoms with Crippen LogP contribution in [-0.4, -0.2) is 20.9 Å². The maximum Gasteiger partial charge on any atom is 0.357 e. The quantitative estimate of drug-likeness (QED) is 0.775. The first-order valence-corrected chi connectivity index (χ1v) is 6.35. The molecule has 0 atom stereocenters. The van der Waals surface area contributed by atoms with Crippen LogP contribution in [0.15, 0.2) is 46.6 Å². The van der Waals surface area contributed by atoms with Crippen LogP contribution < -0.4 is 5.56 Å². The van der Waals surface area contributed by atoms with Crippen LogP contribution in [0.5, 0.6) is 0 Å². The highest BCUT2D eigenvalue weighted by molar-refractivity contribution is 7.17. The molecule has 94 valence electrons. The summed E-state index contributed by atoms with van der Waals surface area (Å²) in [6.45, 7) is 0. The number of rotatable bonds is 2. The molecule has 0 radical (unpaired) electrons. The zero-order valence-corrected chi connectivity index (χ0v) is 10.4. The molecule has 2 aromatic heterocycles. The van der Waals surface area contributed by atoms with E-state index in [1.165, 1.54) is 11.3 Å². The third-order valence-corrected chi connectivity index (χ3v) is 3.63. The Morgan fingerprint density at radius 3 is 2.63 bits per heavy atom. The molecule has 0 saturated carbocycles. The lowest BCUT2D eigenvalue weighted by Crippen LogP contribution is -2.23. The molecule has 0 aliphatic rings. The van der Waals surface area contributed by atoms with Crippen molar-refractivity contribution in [2.45, 2.75) is 0 Å². The van der Waals surface area contributed by atoms with Crippen molar-refractivity contribution in [3.63, 3.8) is 0 Å². The van der Waals surface area contributed by atoms with Crippen LogP contribution in [0.25, 0.3) is 15.8 Å². The summed E-state index contributed by atoms with van der Waals surface area (Å²) in [6, 6.07) is 10.4. The van der Waals surface area contributed by atoms with Gasteiger partial charge in [-0.2, -0.15) is 9.78 Å². The van der Waals surface area contributed by atoms with Crippen LogP contribution in [-0.2, 0) is 0 Å². The Morgan fingerprint density at radius 2 is 1.95 bits per heavy atom. The smallest absolute Gasteiger partial charge is 0.357 e. The largest absolute Gasteiger partial charge is 0.476 e. The minimum atomic E-state index is -1.14. The number of para-hydroxylation sites is 1. The van der Waals surface area contributed by atoms with E-state index in [0.29, 0.717) is 15.8 Å². The Bertz CT molecular complexity index is 821. The molecule has 0 unspecified atom stereocenters. The van der Waals surface area contributed by atoms with E-state index in [-0.39, 0.29) is 11.3 Å². The van der Waals surface area contributed by atoms with E-state index in [4.69, 9.17) is 0 Å². The second kappa shape index (κ2) is 4.33. The molecule has 0 fully saturated rings. The normalized spacial score (nSPS) is 10.7. The number of thiophene rings is 1. The Balaban J connectivity index is 2.41. The van der Waals surface area contributed by atoms with Crippen molar-refractivity contribution in [1.29, 1.82) is 0 Å². The molecule has 3 rings (SSSR count). The fraction of sp³-hybridized carbons (Fsp3) is 0. The van der Waals surface area contributed by atoms with Gasteiger partial charge in [-0.05, 0) is 23.6 Å². The number of aromatic nitrogens is 2. The van der Waals surface area contributed by atoms with Gasteiger partial charge in [-0.25, -0.2) is 4.79 Å². The Morgan fingerprint density at radius 1 is 1.21 bits per heavy atom. The Labute approximate surface area is 111 Å². The maximum absolute atomic E-state index is 12.3. The predicted molar refractivity (Wildman–Crippen MR) is 72.2 cm³/mol. The van der Waals surface area contributed by atoms with Crippen molar-refractivity contribution in [2.75, 3.05) is 0 Å². The zero-order valence-electron chi connectivity index (χ0n) is 9.61. The van der Waals surface area contributed by atoms with Gasteiger partial charge >= 0.3 is 5.97 Å². The predicted octanol–water partition coefficient (Wildman–Crippen LogP) is 2.15. The molecule has 0 bridgehead atoms. The number of hydrogen-bond acceptors (Lipinski definition) is 4. The molecular formula is C13H8N2O3S. The van der Waals surface area contributed by atoms with Crippen molar-refractivity contribution >= 4 is 27.4 Å². The fourth-order valence-corrected chi connectivity index (χ4v) is 2.71. The molecule has 0 aliphatic carbocycles. The van der Waals surface area contributed by atoms with Gasteiger partial charge in [0, 0.05) is 0 Å². The molecule has 0 spiro atoms. The van der Waals surface area contributed by atoms with Gasteiger partial charge in [0.05, 0.1) is 15.8 Å². The van der Waals surface area contributed by atoms with Gasteiger partial charge in [-0.15, -0.1) is 11.3 Å². The number of hydrogen-bond donors (Lipinski definition) is 1. The lowest BCUT2D eigenvalue weighted by molar-refractivity contribution is 0.0691. The van der Waals surface area contributed by atoms with Gasteiger partial charge in [0.15, 0.2) is 5.69 Å². The summed E-state index contributed by atoms with van der Waals surface area (Å²) in [4.78, 5) is 23.5. The summed E-state index contributed by atoms with van der Waals surface area (Å²) >= 11 is 1.20. The lowest BCUT2D eigenvalue weighted by atomic mass is 10.3. The van der Waals surface area contributed by atoms with Gasteiger partial charge in [0.1, 0.15) is 0 Å². The third-order valence-electron chi connectivity index (χ3n) is 2.71. The summed E-state index contributed by atoms with van der Waals surface area (Å²) in [7, 11) is 0. The highest BCUT2D eigenvalue weighted by Gasteiger charge is 2.17. The highest BCUT2D eigenvalue weighted by Crippen LogP contribution is 2.21. The van der Waals surface area contributed by atoms with E-state index in [9.17, 15) is 14.7 Å². The van der Waals surface area contributed by atoms with Crippen molar-refractivity contribution in [3.05, 3.63) is 57.8 Å². The molecule has 0 saturated heterocycles. The second-order valence-corrected chi connectivity index (χ2v) is 4.79. The minimum Gasteiger partial charge on any atom is -0.476 e. The molecule has 1 N–H and O–H groups in total. The van der Waals surface area contributed by atoms with E-state index < -0.39 is 5.97 Å². The van der Waals surface area contributed by atoms with Gasteiger partial charge in [0.25, 0.3) is 5.56 Å². The number of carbonyl (C=O) groups is 1. The topological polar surface area (TPSA) is 72.2 Å². The van der Waals surface area contributed by atoms with E-state index in [0.717, 1.165) is 4.68 Å². The molecule has 19 heavy (non-hydrogen) atoms. The van der Waals surface area contributed by atoms with Gasteiger partial charge in [0.2, 0.25) is 0 Å². The average molecular weight is 272 g/mol. The summed E-state index contributed by atoms with van der Waals surface area (Å²) in [5, 5.41) is 15.2. The monoisotopic (exact) mass is 272 g/mol. The number of nitrogens with zero attached hydrogens (tertiary/aromatic N) is 2. The number of carboxylic acid groups (broad SMARTS) is 1. The number of carboxylic acids is 1. The summed E-state index contributed by atoms with van der Waals surface area (Å²) < 4.78 is 1.53. The number of fused-ring (bicyclic) bond motifs is 1. The van der Waals surface area contributed by atoms with Gasteiger partial charge < -0.3 is 5.11 Å². The second-order valence-electron chi connectivity index (χ2n) is 3.87. The van der Waals surface area contributed by atoms with E-state index in [1.54, 1.807) is 35.7 Å². The zero-order chi connectivity index (χ0) is 13.4. The number of aromatic carboxylic acids is 1. The van der Waals surface area contributed by atoms with Crippen LogP contribution in [0.3, 0.4) is 0 Å². The third kappa shape index (κ3) is 1.82. The minimum absolute atomic E-state index is 0.103. The van der Waals surface area contributed by atoms with Crippen LogP contribution in [0.2, 0.25) is 0 Å². The molecule has 0 aliphatic heterocycles. The van der Waals surface area contributed by atoms with Crippen LogP contribution >= 0.6 is 11.3 Å². The summed E-state index contributed by atoms with van der Waals surface area (Å²) in [6.07, 6.45) is 0. The average Bonchev–Trinajstić information content (AvgIpc) is 2.89. The first-order valence-electron chi connectivity index (χ1n) is 5.48. The van der Waals surface area contributed by atoms with Crippen molar-refractivity contribution < 1.29 is 9.90 Å². The van der Waals surface area contributed by atoms with Gasteiger partial charge in [-0.3, -0.25) is 4.79 Å². The Kier molecular flexibility index (Phi) is 2.64. The van der Waals surface area contributed by atoms with Gasteiger partial charge in [-0.1, -0.05) is 18.2 Å². The summed E-state index contributed by atoms with van der Waals surface area (Å²) in [5.74, 6) is -1.14. The molecule has 2 heterocycles. The maximum atomic E-state index is 12.3. The molecule has 0 amide bonds. The molecule has 6 heteroatoms. The van der Waals surface area contributed by atoms with Crippen molar-refractivity contribution in [2.24, 2.45) is 0 Å². The van der Waals surface area contributed by atoms with E-state index in [1.807, 2.05) is 6.07 Å². The molecule has 3 aromatic rings. The van der Waals surface area contributed by atoms with Crippen LogP contribution in [0, 0.1) is 0 Å². The SMILES string of the molecule is O=C(O)c1nn(-c2ccccc2)c(=O)c2ccsc12. The standard InChI is InChI=1S/C13H8N2O3S/c16-12-9-6-7-19-11(9)10(13(17)18)14-15(12)8-4-2-1-3-5-8/h1-7H,(H,17,18). The van der Waals surface area contributed by atoms with Crippen LogP contribution in [0.1, 0.15) is 10.5 Å². The first-order chi connectivity index (χ1) is 9.18. The Hall–Kier alpha value is -2.47.